The average Bonchev–Trinajstić information content (AvgIpc) is 2.37. The summed E-state index contributed by atoms with van der Waals surface area (Å²) in [5.74, 6) is 0. The lowest BCUT2D eigenvalue weighted by Crippen LogP contribution is -2.58. The predicted molar refractivity (Wildman–Crippen MR) is 84.6 cm³/mol. The van der Waals surface area contributed by atoms with Crippen molar-refractivity contribution in [3.8, 4) is 0 Å². The van der Waals surface area contributed by atoms with Crippen LogP contribution in [0.2, 0.25) is 0 Å². The maximum Gasteiger partial charge on any atom is 0.140 e. The number of benzene rings is 1. The van der Waals surface area contributed by atoms with Gasteiger partial charge in [-0.2, -0.15) is 5.06 Å². The second-order valence-electron chi connectivity index (χ2n) is 7.06. The van der Waals surface area contributed by atoms with E-state index in [2.05, 4.69) is 69.0 Å². The molecule has 1 aromatic carbocycles. The molecule has 0 aliphatic carbocycles. The highest BCUT2D eigenvalue weighted by atomic mass is 16.7. The molecule has 0 aromatic heterocycles. The summed E-state index contributed by atoms with van der Waals surface area (Å²) >= 11 is 0. The minimum Gasteiger partial charge on any atom is -0.350 e. The highest BCUT2D eigenvalue weighted by Crippen LogP contribution is 2.38. The van der Waals surface area contributed by atoms with Crippen LogP contribution in [0.3, 0.4) is 0 Å². The van der Waals surface area contributed by atoms with Crippen molar-refractivity contribution in [2.45, 2.75) is 58.0 Å². The zero-order chi connectivity index (χ0) is 14.8. The molecule has 1 aromatic rings. The molecule has 1 aliphatic rings. The Kier molecular flexibility index (Phi) is 4.40. The van der Waals surface area contributed by atoms with Crippen molar-refractivity contribution >= 4 is 5.69 Å². The lowest BCUT2D eigenvalue weighted by molar-refractivity contribution is -0.279. The first kappa shape index (κ1) is 15.3. The topological polar surface area (TPSA) is 15.7 Å². The standard InChI is InChI=1S/C17H28N2O/c1-16(2)12-9-13-17(3,4)19(16)20-14-18(5)15-10-7-6-8-11-15/h6-8,10-11H,9,12-14H2,1-5H3. The van der Waals surface area contributed by atoms with Gasteiger partial charge in [0.15, 0.2) is 0 Å². The van der Waals surface area contributed by atoms with E-state index in [0.717, 1.165) is 0 Å². The summed E-state index contributed by atoms with van der Waals surface area (Å²) in [4.78, 5) is 8.33. The maximum atomic E-state index is 6.19. The molecule has 3 heteroatoms. The van der Waals surface area contributed by atoms with Gasteiger partial charge in [-0.15, -0.1) is 0 Å². The van der Waals surface area contributed by atoms with Crippen LogP contribution < -0.4 is 4.90 Å². The highest BCUT2D eigenvalue weighted by Gasteiger charge is 2.42. The molecule has 0 unspecified atom stereocenters. The van der Waals surface area contributed by atoms with Crippen molar-refractivity contribution in [3.05, 3.63) is 30.3 Å². The molecule has 2 rings (SSSR count). The van der Waals surface area contributed by atoms with E-state index < -0.39 is 0 Å². The molecule has 0 N–H and O–H groups in total. The lowest BCUT2D eigenvalue weighted by atomic mass is 9.82. The number of nitrogens with zero attached hydrogens (tertiary/aromatic N) is 2. The fourth-order valence-corrected chi connectivity index (χ4v) is 3.23. The van der Waals surface area contributed by atoms with Crippen molar-refractivity contribution in [1.29, 1.82) is 0 Å². The van der Waals surface area contributed by atoms with E-state index in [-0.39, 0.29) is 11.1 Å². The quantitative estimate of drug-likeness (QED) is 0.771. The summed E-state index contributed by atoms with van der Waals surface area (Å²) in [6, 6.07) is 10.4. The van der Waals surface area contributed by atoms with Gasteiger partial charge in [-0.25, -0.2) is 0 Å². The monoisotopic (exact) mass is 276 g/mol. The summed E-state index contributed by atoms with van der Waals surface area (Å²) in [5, 5.41) is 2.21. The van der Waals surface area contributed by atoms with Crippen molar-refractivity contribution < 1.29 is 4.84 Å². The Morgan fingerprint density at radius 2 is 1.60 bits per heavy atom. The van der Waals surface area contributed by atoms with Gasteiger partial charge in [0.05, 0.1) is 0 Å². The van der Waals surface area contributed by atoms with E-state index in [9.17, 15) is 0 Å². The van der Waals surface area contributed by atoms with E-state index in [1.165, 1.54) is 24.9 Å². The number of para-hydroxylation sites is 1. The van der Waals surface area contributed by atoms with Gasteiger partial charge in [-0.3, -0.25) is 4.84 Å². The van der Waals surface area contributed by atoms with Crippen LogP contribution in [0.1, 0.15) is 47.0 Å². The molecule has 0 amide bonds. The number of hydrogen-bond donors (Lipinski definition) is 0. The molecule has 0 atom stereocenters. The molecule has 0 saturated carbocycles. The van der Waals surface area contributed by atoms with Gasteiger partial charge in [0.2, 0.25) is 0 Å². The van der Waals surface area contributed by atoms with Crippen LogP contribution in [0.25, 0.3) is 0 Å². The molecule has 0 radical (unpaired) electrons. The molecule has 1 saturated heterocycles. The molecule has 1 heterocycles. The predicted octanol–water partition coefficient (Wildman–Crippen LogP) is 4.06. The molecule has 20 heavy (non-hydrogen) atoms. The molecule has 1 aliphatic heterocycles. The van der Waals surface area contributed by atoms with Crippen LogP contribution in [0.15, 0.2) is 30.3 Å². The Morgan fingerprint density at radius 3 is 2.15 bits per heavy atom. The Hall–Kier alpha value is -1.06. The molecule has 0 bridgehead atoms. The number of piperidine rings is 1. The molecular formula is C17H28N2O. The van der Waals surface area contributed by atoms with Crippen molar-refractivity contribution in [2.75, 3.05) is 18.7 Å². The third-order valence-corrected chi connectivity index (χ3v) is 4.25. The Labute approximate surface area is 123 Å². The SMILES string of the molecule is CN(CON1C(C)(C)CCCC1(C)C)c1ccccc1. The minimum absolute atomic E-state index is 0.0965. The van der Waals surface area contributed by atoms with Gasteiger partial charge in [-0.1, -0.05) is 18.2 Å². The number of hydroxylamine groups is 2. The van der Waals surface area contributed by atoms with Gasteiger partial charge >= 0.3 is 0 Å². The Balaban J connectivity index is 2.01. The minimum atomic E-state index is 0.0965. The third kappa shape index (κ3) is 3.33. The van der Waals surface area contributed by atoms with Crippen molar-refractivity contribution in [3.63, 3.8) is 0 Å². The Bertz CT molecular complexity index is 412. The third-order valence-electron chi connectivity index (χ3n) is 4.25. The zero-order valence-corrected chi connectivity index (χ0v) is 13.5. The second-order valence-corrected chi connectivity index (χ2v) is 7.06. The van der Waals surface area contributed by atoms with Gasteiger partial charge in [-0.05, 0) is 59.1 Å². The second kappa shape index (κ2) is 5.74. The van der Waals surface area contributed by atoms with Crippen LogP contribution in [0, 0.1) is 0 Å². The smallest absolute Gasteiger partial charge is 0.140 e. The summed E-state index contributed by atoms with van der Waals surface area (Å²) in [6.45, 7) is 9.68. The summed E-state index contributed by atoms with van der Waals surface area (Å²) < 4.78 is 0. The molecule has 1 fully saturated rings. The summed E-state index contributed by atoms with van der Waals surface area (Å²) in [5.41, 5.74) is 1.37. The summed E-state index contributed by atoms with van der Waals surface area (Å²) in [6.07, 6.45) is 3.64. The zero-order valence-electron chi connectivity index (χ0n) is 13.5. The first-order valence-electron chi connectivity index (χ1n) is 7.52. The van der Waals surface area contributed by atoms with E-state index >= 15 is 0 Å². The number of anilines is 1. The average molecular weight is 276 g/mol. The lowest BCUT2D eigenvalue weighted by Gasteiger charge is -2.51. The molecular weight excluding hydrogens is 248 g/mol. The van der Waals surface area contributed by atoms with E-state index in [4.69, 9.17) is 4.84 Å². The first-order chi connectivity index (χ1) is 9.33. The van der Waals surface area contributed by atoms with Gasteiger partial charge in [0, 0.05) is 23.8 Å². The van der Waals surface area contributed by atoms with E-state index in [1.807, 2.05) is 6.07 Å². The van der Waals surface area contributed by atoms with Crippen molar-refractivity contribution in [2.24, 2.45) is 0 Å². The summed E-state index contributed by atoms with van der Waals surface area (Å²) in [7, 11) is 2.07. The molecule has 0 spiro atoms. The van der Waals surface area contributed by atoms with Crippen LogP contribution in [0.5, 0.6) is 0 Å². The number of hydrogen-bond acceptors (Lipinski definition) is 3. The fourth-order valence-electron chi connectivity index (χ4n) is 3.23. The fraction of sp³-hybridized carbons (Fsp3) is 0.647. The Morgan fingerprint density at radius 1 is 1.05 bits per heavy atom. The first-order valence-corrected chi connectivity index (χ1v) is 7.52. The van der Waals surface area contributed by atoms with Crippen LogP contribution in [-0.4, -0.2) is 29.9 Å². The molecule has 3 nitrogen and oxygen atoms in total. The van der Waals surface area contributed by atoms with Crippen LogP contribution in [0.4, 0.5) is 5.69 Å². The van der Waals surface area contributed by atoms with E-state index in [0.29, 0.717) is 6.73 Å². The highest BCUT2D eigenvalue weighted by molar-refractivity contribution is 5.44. The van der Waals surface area contributed by atoms with Gasteiger partial charge in [0.1, 0.15) is 6.73 Å². The van der Waals surface area contributed by atoms with E-state index in [1.54, 1.807) is 0 Å². The largest absolute Gasteiger partial charge is 0.350 e. The normalized spacial score (nSPS) is 21.6. The number of rotatable bonds is 4. The maximum absolute atomic E-state index is 6.19. The van der Waals surface area contributed by atoms with Crippen LogP contribution in [-0.2, 0) is 4.84 Å². The van der Waals surface area contributed by atoms with Gasteiger partial charge in [0.25, 0.3) is 0 Å². The molecule has 112 valence electrons. The van der Waals surface area contributed by atoms with Crippen molar-refractivity contribution in [1.82, 2.24) is 5.06 Å². The van der Waals surface area contributed by atoms with Crippen LogP contribution >= 0.6 is 0 Å². The van der Waals surface area contributed by atoms with Gasteiger partial charge < -0.3 is 4.90 Å².